The van der Waals surface area contributed by atoms with E-state index in [-0.39, 0.29) is 11.4 Å². The minimum absolute atomic E-state index is 0.227. The second-order valence-corrected chi connectivity index (χ2v) is 6.98. The average Bonchev–Trinajstić information content (AvgIpc) is 3.28. The smallest absolute Gasteiger partial charge is 0.224 e. The molecule has 2 aliphatic carbocycles. The average molecular weight is 286 g/mol. The van der Waals surface area contributed by atoms with Crippen LogP contribution in [-0.4, -0.2) is 22.4 Å². The number of rotatable bonds is 6. The molecule has 0 aromatic heterocycles. The lowest BCUT2D eigenvalue weighted by Crippen LogP contribution is -2.51. The van der Waals surface area contributed by atoms with E-state index < -0.39 is 0 Å². The standard InChI is InChI=1S/C18H26N2O/c1-14(16-8-9-16)20(13-15-6-3-2-4-7-15)17(21)12-18(19)10-5-11-18/h2-4,6-7,14,16H,5,8-13,19H2,1H3/t14-/m0/s1. The van der Waals surface area contributed by atoms with Gasteiger partial charge in [-0.2, -0.15) is 0 Å². The first-order chi connectivity index (χ1) is 10.1. The lowest BCUT2D eigenvalue weighted by molar-refractivity contribution is -0.136. The summed E-state index contributed by atoms with van der Waals surface area (Å²) in [6, 6.07) is 10.6. The van der Waals surface area contributed by atoms with Crippen molar-refractivity contribution in [3.8, 4) is 0 Å². The summed E-state index contributed by atoms with van der Waals surface area (Å²) >= 11 is 0. The molecule has 0 heterocycles. The molecule has 1 atom stereocenters. The molecule has 3 heteroatoms. The maximum Gasteiger partial charge on any atom is 0.224 e. The molecule has 114 valence electrons. The van der Waals surface area contributed by atoms with Gasteiger partial charge in [0.2, 0.25) is 5.91 Å². The number of nitrogens with two attached hydrogens (primary N) is 1. The second kappa shape index (κ2) is 5.80. The summed E-state index contributed by atoms with van der Waals surface area (Å²) in [5.74, 6) is 0.924. The summed E-state index contributed by atoms with van der Waals surface area (Å²) < 4.78 is 0. The van der Waals surface area contributed by atoms with Crippen LogP contribution >= 0.6 is 0 Å². The third-order valence-electron chi connectivity index (χ3n) is 5.16. The topological polar surface area (TPSA) is 46.3 Å². The number of amides is 1. The van der Waals surface area contributed by atoms with Crippen molar-refractivity contribution in [2.45, 2.75) is 63.6 Å². The minimum Gasteiger partial charge on any atom is -0.335 e. The van der Waals surface area contributed by atoms with Crippen LogP contribution < -0.4 is 5.73 Å². The Bertz CT molecular complexity index is 491. The van der Waals surface area contributed by atoms with Crippen molar-refractivity contribution in [1.82, 2.24) is 4.90 Å². The van der Waals surface area contributed by atoms with Crippen molar-refractivity contribution < 1.29 is 4.79 Å². The van der Waals surface area contributed by atoms with Gasteiger partial charge in [-0.3, -0.25) is 4.79 Å². The molecule has 0 radical (unpaired) electrons. The molecular formula is C18H26N2O. The van der Waals surface area contributed by atoms with Gasteiger partial charge >= 0.3 is 0 Å². The quantitative estimate of drug-likeness (QED) is 0.873. The summed E-state index contributed by atoms with van der Waals surface area (Å²) in [5, 5.41) is 0. The molecule has 1 aromatic rings. The molecule has 2 saturated carbocycles. The predicted octanol–water partition coefficient (Wildman–Crippen LogP) is 3.09. The Balaban J connectivity index is 1.70. The highest BCUT2D eigenvalue weighted by Gasteiger charge is 2.39. The van der Waals surface area contributed by atoms with E-state index in [0.29, 0.717) is 24.9 Å². The molecular weight excluding hydrogens is 260 g/mol. The molecule has 2 fully saturated rings. The summed E-state index contributed by atoms with van der Waals surface area (Å²) in [6.45, 7) is 2.91. The third-order valence-corrected chi connectivity index (χ3v) is 5.16. The van der Waals surface area contributed by atoms with Gasteiger partial charge in [-0.15, -0.1) is 0 Å². The van der Waals surface area contributed by atoms with Crippen molar-refractivity contribution >= 4 is 5.91 Å². The van der Waals surface area contributed by atoms with Gasteiger partial charge in [-0.05, 0) is 50.5 Å². The molecule has 0 unspecified atom stereocenters. The Labute approximate surface area is 127 Å². The van der Waals surface area contributed by atoms with Gasteiger partial charge in [0.05, 0.1) is 0 Å². The van der Waals surface area contributed by atoms with Crippen LogP contribution in [0.1, 0.15) is 51.0 Å². The van der Waals surface area contributed by atoms with Crippen LogP contribution in [0.2, 0.25) is 0 Å². The first-order valence-corrected chi connectivity index (χ1v) is 8.20. The molecule has 0 aliphatic heterocycles. The Kier molecular flexibility index (Phi) is 4.03. The summed E-state index contributed by atoms with van der Waals surface area (Å²) in [6.07, 6.45) is 6.18. The van der Waals surface area contributed by atoms with Crippen molar-refractivity contribution in [3.05, 3.63) is 35.9 Å². The monoisotopic (exact) mass is 286 g/mol. The van der Waals surface area contributed by atoms with Crippen LogP contribution in [0, 0.1) is 5.92 Å². The van der Waals surface area contributed by atoms with E-state index in [4.69, 9.17) is 5.73 Å². The lowest BCUT2D eigenvalue weighted by atomic mass is 9.75. The molecule has 3 rings (SSSR count). The van der Waals surface area contributed by atoms with Gasteiger partial charge in [-0.25, -0.2) is 0 Å². The zero-order valence-corrected chi connectivity index (χ0v) is 12.9. The van der Waals surface area contributed by atoms with Gasteiger partial charge in [0.15, 0.2) is 0 Å². The Morgan fingerprint density at radius 2 is 2.00 bits per heavy atom. The largest absolute Gasteiger partial charge is 0.335 e. The molecule has 1 aromatic carbocycles. The lowest BCUT2D eigenvalue weighted by Gasteiger charge is -2.40. The third kappa shape index (κ3) is 3.46. The molecule has 3 nitrogen and oxygen atoms in total. The van der Waals surface area contributed by atoms with E-state index in [0.717, 1.165) is 12.8 Å². The van der Waals surface area contributed by atoms with Gasteiger partial charge < -0.3 is 10.6 Å². The van der Waals surface area contributed by atoms with Crippen LogP contribution in [-0.2, 0) is 11.3 Å². The van der Waals surface area contributed by atoms with E-state index in [1.165, 1.54) is 24.8 Å². The predicted molar refractivity (Wildman–Crippen MR) is 84.6 cm³/mol. The van der Waals surface area contributed by atoms with Crippen molar-refractivity contribution in [3.63, 3.8) is 0 Å². The number of hydrogen-bond acceptors (Lipinski definition) is 2. The van der Waals surface area contributed by atoms with Crippen molar-refractivity contribution in [2.24, 2.45) is 11.7 Å². The molecule has 0 bridgehead atoms. The molecule has 1 amide bonds. The summed E-state index contributed by atoms with van der Waals surface area (Å²) in [7, 11) is 0. The fraction of sp³-hybridized carbons (Fsp3) is 0.611. The first kappa shape index (κ1) is 14.6. The second-order valence-electron chi connectivity index (χ2n) is 6.98. The van der Waals surface area contributed by atoms with E-state index >= 15 is 0 Å². The normalized spacial score (nSPS) is 21.4. The van der Waals surface area contributed by atoms with Crippen LogP contribution in [0.3, 0.4) is 0 Å². The van der Waals surface area contributed by atoms with Crippen LogP contribution in [0.5, 0.6) is 0 Å². The van der Waals surface area contributed by atoms with Crippen LogP contribution in [0.25, 0.3) is 0 Å². The minimum atomic E-state index is -0.227. The van der Waals surface area contributed by atoms with Crippen molar-refractivity contribution in [1.29, 1.82) is 0 Å². The van der Waals surface area contributed by atoms with E-state index in [1.54, 1.807) is 0 Å². The maximum absolute atomic E-state index is 12.8. The first-order valence-electron chi connectivity index (χ1n) is 8.20. The zero-order chi connectivity index (χ0) is 14.9. The molecule has 2 N–H and O–H groups in total. The zero-order valence-electron chi connectivity index (χ0n) is 12.9. The Morgan fingerprint density at radius 1 is 1.33 bits per heavy atom. The number of hydrogen-bond donors (Lipinski definition) is 1. The number of benzene rings is 1. The summed E-state index contributed by atoms with van der Waals surface area (Å²) in [5.41, 5.74) is 7.26. The van der Waals surface area contributed by atoms with Crippen LogP contribution in [0.4, 0.5) is 0 Å². The van der Waals surface area contributed by atoms with Crippen LogP contribution in [0.15, 0.2) is 30.3 Å². The maximum atomic E-state index is 12.8. The molecule has 2 aliphatic rings. The van der Waals surface area contributed by atoms with Gasteiger partial charge in [-0.1, -0.05) is 30.3 Å². The Hall–Kier alpha value is -1.35. The number of nitrogens with zero attached hydrogens (tertiary/aromatic N) is 1. The van der Waals surface area contributed by atoms with E-state index in [9.17, 15) is 4.79 Å². The fourth-order valence-electron chi connectivity index (χ4n) is 3.28. The number of carbonyl (C=O) groups excluding carboxylic acids is 1. The van der Waals surface area contributed by atoms with Crippen molar-refractivity contribution in [2.75, 3.05) is 0 Å². The SMILES string of the molecule is C[C@@H](C1CC1)N(Cc1ccccc1)C(=O)CC1(N)CCC1. The summed E-state index contributed by atoms with van der Waals surface area (Å²) in [4.78, 5) is 14.8. The molecule has 21 heavy (non-hydrogen) atoms. The van der Waals surface area contributed by atoms with Gasteiger partial charge in [0.1, 0.15) is 0 Å². The fourth-order valence-corrected chi connectivity index (χ4v) is 3.28. The van der Waals surface area contributed by atoms with E-state index in [1.807, 2.05) is 18.2 Å². The highest BCUT2D eigenvalue weighted by Crippen LogP contribution is 2.37. The van der Waals surface area contributed by atoms with Gasteiger partial charge in [0.25, 0.3) is 0 Å². The van der Waals surface area contributed by atoms with Gasteiger partial charge in [0, 0.05) is 24.5 Å². The highest BCUT2D eigenvalue weighted by atomic mass is 16.2. The Morgan fingerprint density at radius 3 is 2.52 bits per heavy atom. The number of carbonyl (C=O) groups is 1. The highest BCUT2D eigenvalue weighted by molar-refractivity contribution is 5.78. The molecule has 0 saturated heterocycles. The van der Waals surface area contributed by atoms with E-state index in [2.05, 4.69) is 24.0 Å². The molecule has 0 spiro atoms.